The molecule has 1 amide bonds. The lowest BCUT2D eigenvalue weighted by Gasteiger charge is -2.31. The largest absolute Gasteiger partial charge is 0.355 e. The van der Waals surface area contributed by atoms with Gasteiger partial charge in [-0.2, -0.15) is 11.8 Å². The summed E-state index contributed by atoms with van der Waals surface area (Å²) < 4.78 is 27.1. The summed E-state index contributed by atoms with van der Waals surface area (Å²) in [6.45, 7) is 1.55. The van der Waals surface area contributed by atoms with Crippen molar-refractivity contribution in [1.29, 1.82) is 0 Å². The number of benzene rings is 1. The van der Waals surface area contributed by atoms with Crippen molar-refractivity contribution in [1.82, 2.24) is 9.62 Å². The van der Waals surface area contributed by atoms with E-state index in [2.05, 4.69) is 5.32 Å². The molecular weight excluding hydrogens is 416 g/mol. The van der Waals surface area contributed by atoms with Gasteiger partial charge in [-0.3, -0.25) is 4.79 Å². The molecule has 30 heavy (non-hydrogen) atoms. The van der Waals surface area contributed by atoms with Crippen molar-refractivity contribution in [3.63, 3.8) is 0 Å². The first-order chi connectivity index (χ1) is 14.5. The zero-order valence-corrected chi connectivity index (χ0v) is 19.6. The Balaban J connectivity index is 1.38. The van der Waals surface area contributed by atoms with Crippen LogP contribution in [0.4, 0.5) is 0 Å². The van der Waals surface area contributed by atoms with Crippen LogP contribution in [0.1, 0.15) is 56.9 Å². The topological polar surface area (TPSA) is 66.5 Å². The highest BCUT2D eigenvalue weighted by atomic mass is 32.2. The first-order valence-electron chi connectivity index (χ1n) is 11.5. The average Bonchev–Trinajstić information content (AvgIpc) is 2.78. The van der Waals surface area contributed by atoms with Crippen LogP contribution in [0.25, 0.3) is 0 Å². The summed E-state index contributed by atoms with van der Waals surface area (Å²) in [5, 5.41) is 3.80. The molecule has 1 N–H and O–H groups in total. The SMILES string of the molecule is O=C(NCCSC1CCCCC1)C1CCCN(S(=O)(=O)CCCc2ccccc2)C1. The molecule has 1 saturated heterocycles. The van der Waals surface area contributed by atoms with E-state index >= 15 is 0 Å². The highest BCUT2D eigenvalue weighted by Gasteiger charge is 2.31. The van der Waals surface area contributed by atoms with E-state index < -0.39 is 10.0 Å². The van der Waals surface area contributed by atoms with Gasteiger partial charge in [0.25, 0.3) is 0 Å². The van der Waals surface area contributed by atoms with E-state index in [0.717, 1.165) is 35.8 Å². The van der Waals surface area contributed by atoms with E-state index in [-0.39, 0.29) is 17.6 Å². The predicted octanol–water partition coefficient (Wildman–Crippen LogP) is 3.84. The van der Waals surface area contributed by atoms with Gasteiger partial charge in [-0.1, -0.05) is 49.6 Å². The third-order valence-corrected chi connectivity index (χ3v) is 9.47. The van der Waals surface area contributed by atoms with Gasteiger partial charge in [0.2, 0.25) is 15.9 Å². The summed E-state index contributed by atoms with van der Waals surface area (Å²) in [6, 6.07) is 9.98. The number of aryl methyl sites for hydroxylation is 1. The lowest BCUT2D eigenvalue weighted by atomic mass is 9.99. The van der Waals surface area contributed by atoms with Crippen molar-refractivity contribution in [3.05, 3.63) is 35.9 Å². The third-order valence-electron chi connectivity index (χ3n) is 6.17. The van der Waals surface area contributed by atoms with Crippen LogP contribution in [-0.2, 0) is 21.2 Å². The summed E-state index contributed by atoms with van der Waals surface area (Å²) in [5.41, 5.74) is 1.16. The number of nitrogens with zero attached hydrogens (tertiary/aromatic N) is 1. The molecule has 1 atom stereocenters. The number of rotatable bonds is 10. The van der Waals surface area contributed by atoms with Crippen LogP contribution in [0.5, 0.6) is 0 Å². The summed E-state index contributed by atoms with van der Waals surface area (Å²) >= 11 is 1.98. The Labute approximate surface area is 186 Å². The van der Waals surface area contributed by atoms with Crippen molar-refractivity contribution in [3.8, 4) is 0 Å². The lowest BCUT2D eigenvalue weighted by Crippen LogP contribution is -2.46. The molecule has 168 valence electrons. The summed E-state index contributed by atoms with van der Waals surface area (Å²) in [5.74, 6) is 0.893. The van der Waals surface area contributed by atoms with Crippen molar-refractivity contribution in [2.24, 2.45) is 5.92 Å². The maximum atomic E-state index is 12.8. The maximum Gasteiger partial charge on any atom is 0.224 e. The second-order valence-electron chi connectivity index (χ2n) is 8.52. The molecule has 5 nitrogen and oxygen atoms in total. The number of hydrogen-bond donors (Lipinski definition) is 1. The van der Waals surface area contributed by atoms with Gasteiger partial charge in [-0.25, -0.2) is 12.7 Å². The van der Waals surface area contributed by atoms with E-state index in [0.29, 0.717) is 26.1 Å². The average molecular weight is 453 g/mol. The van der Waals surface area contributed by atoms with Crippen molar-refractivity contribution < 1.29 is 13.2 Å². The fourth-order valence-corrected chi connectivity index (χ4v) is 7.22. The minimum Gasteiger partial charge on any atom is -0.355 e. The van der Waals surface area contributed by atoms with Gasteiger partial charge in [0, 0.05) is 30.6 Å². The van der Waals surface area contributed by atoms with E-state index in [1.165, 1.54) is 32.1 Å². The molecule has 3 rings (SSSR count). The Morgan fingerprint density at radius 2 is 1.83 bits per heavy atom. The molecule has 1 aromatic rings. The van der Waals surface area contributed by atoms with Crippen molar-refractivity contribution in [2.45, 2.75) is 63.0 Å². The number of sulfonamides is 1. The molecule has 1 aromatic carbocycles. The fraction of sp³-hybridized carbons (Fsp3) is 0.696. The smallest absolute Gasteiger partial charge is 0.224 e. The first kappa shape index (κ1) is 23.6. The standard InChI is InChI=1S/C23H36N2O3S2/c26-23(24-15-17-29-22-13-5-2-6-14-22)21-12-7-16-25(19-21)30(27,28)18-8-11-20-9-3-1-4-10-20/h1,3-4,9-10,21-22H,2,5-8,11-19H2,(H,24,26). The molecule has 2 fully saturated rings. The number of nitrogens with one attached hydrogen (secondary N) is 1. The zero-order chi connectivity index (χ0) is 21.2. The van der Waals surface area contributed by atoms with E-state index in [4.69, 9.17) is 0 Å². The molecular formula is C23H36N2O3S2. The minimum atomic E-state index is -3.31. The molecule has 7 heteroatoms. The monoisotopic (exact) mass is 452 g/mol. The number of piperidine rings is 1. The summed E-state index contributed by atoms with van der Waals surface area (Å²) in [4.78, 5) is 12.6. The Kier molecular flexibility index (Phi) is 9.53. The molecule has 1 aliphatic carbocycles. The molecule has 0 aromatic heterocycles. The fourth-order valence-electron chi connectivity index (χ4n) is 4.42. The molecule has 0 radical (unpaired) electrons. The van der Waals surface area contributed by atoms with Crippen LogP contribution in [0, 0.1) is 5.92 Å². The van der Waals surface area contributed by atoms with E-state index in [1.807, 2.05) is 42.1 Å². The van der Waals surface area contributed by atoms with Crippen LogP contribution in [0.15, 0.2) is 30.3 Å². The lowest BCUT2D eigenvalue weighted by molar-refractivity contribution is -0.125. The number of amides is 1. The molecule has 1 heterocycles. The quantitative estimate of drug-likeness (QED) is 0.548. The second-order valence-corrected chi connectivity index (χ2v) is 12.0. The molecule has 0 spiro atoms. The van der Waals surface area contributed by atoms with E-state index in [1.54, 1.807) is 4.31 Å². The second kappa shape index (κ2) is 12.1. The highest BCUT2D eigenvalue weighted by molar-refractivity contribution is 7.99. The van der Waals surface area contributed by atoms with Crippen LogP contribution in [0.3, 0.4) is 0 Å². The predicted molar refractivity (Wildman–Crippen MR) is 125 cm³/mol. The minimum absolute atomic E-state index is 0.0171. The number of carbonyl (C=O) groups excluding carboxylic acids is 1. The van der Waals surface area contributed by atoms with Gasteiger partial charge in [-0.05, 0) is 44.1 Å². The number of hydrogen-bond acceptors (Lipinski definition) is 4. The highest BCUT2D eigenvalue weighted by Crippen LogP contribution is 2.27. The Bertz CT molecular complexity index is 749. The van der Waals surface area contributed by atoms with Gasteiger partial charge in [0.1, 0.15) is 0 Å². The summed E-state index contributed by atoms with van der Waals surface area (Å²) in [6.07, 6.45) is 9.54. The maximum absolute atomic E-state index is 12.8. The van der Waals surface area contributed by atoms with Crippen LogP contribution in [-0.4, -0.2) is 55.0 Å². The van der Waals surface area contributed by atoms with Gasteiger partial charge < -0.3 is 5.32 Å². The van der Waals surface area contributed by atoms with E-state index in [9.17, 15) is 13.2 Å². The van der Waals surface area contributed by atoms with Crippen molar-refractivity contribution in [2.75, 3.05) is 31.1 Å². The van der Waals surface area contributed by atoms with Crippen molar-refractivity contribution >= 4 is 27.7 Å². The Morgan fingerprint density at radius 1 is 1.07 bits per heavy atom. The number of thioether (sulfide) groups is 1. The van der Waals surface area contributed by atoms with Gasteiger partial charge >= 0.3 is 0 Å². The van der Waals surface area contributed by atoms with Gasteiger partial charge in [0.15, 0.2) is 0 Å². The van der Waals surface area contributed by atoms with Crippen LogP contribution >= 0.6 is 11.8 Å². The molecule has 2 aliphatic rings. The Hall–Kier alpha value is -1.05. The summed E-state index contributed by atoms with van der Waals surface area (Å²) in [7, 11) is -3.31. The molecule has 0 bridgehead atoms. The van der Waals surface area contributed by atoms with Crippen LogP contribution in [0.2, 0.25) is 0 Å². The zero-order valence-electron chi connectivity index (χ0n) is 17.9. The Morgan fingerprint density at radius 3 is 2.60 bits per heavy atom. The van der Waals surface area contributed by atoms with Gasteiger partial charge in [-0.15, -0.1) is 0 Å². The molecule has 1 unspecified atom stereocenters. The third kappa shape index (κ3) is 7.57. The molecule has 1 saturated carbocycles. The number of carbonyl (C=O) groups is 1. The first-order valence-corrected chi connectivity index (χ1v) is 14.1. The normalized spacial score (nSPS) is 21.4. The van der Waals surface area contributed by atoms with Gasteiger partial charge in [0.05, 0.1) is 11.7 Å². The molecule has 1 aliphatic heterocycles. The van der Waals surface area contributed by atoms with Crippen LogP contribution < -0.4 is 5.32 Å².